The van der Waals surface area contributed by atoms with Crippen LogP contribution in [0.25, 0.3) is 0 Å². The summed E-state index contributed by atoms with van der Waals surface area (Å²) in [4.78, 5) is 12.5. The molecule has 0 saturated heterocycles. The zero-order valence-corrected chi connectivity index (χ0v) is 14.4. The molecule has 126 valence electrons. The fourth-order valence-corrected chi connectivity index (χ4v) is 3.34. The lowest BCUT2D eigenvalue weighted by atomic mass is 9.78. The Labute approximate surface area is 144 Å². The molecule has 0 bridgehead atoms. The Morgan fingerprint density at radius 3 is 2.33 bits per heavy atom. The maximum absolute atomic E-state index is 12.5. The smallest absolute Gasteiger partial charge is 0.251 e. The SMILES string of the molecule is C[C@H]1[C@H](C)CCC[C@@H]1NC(=O)c1ccc(Oc2ccccc2)cc1. The maximum Gasteiger partial charge on any atom is 0.251 e. The molecule has 0 spiro atoms. The molecule has 2 aromatic carbocycles. The van der Waals surface area contributed by atoms with Gasteiger partial charge < -0.3 is 10.1 Å². The van der Waals surface area contributed by atoms with Crippen molar-refractivity contribution in [3.05, 3.63) is 60.2 Å². The summed E-state index contributed by atoms with van der Waals surface area (Å²) >= 11 is 0. The van der Waals surface area contributed by atoms with Crippen LogP contribution in [0.15, 0.2) is 54.6 Å². The van der Waals surface area contributed by atoms with E-state index in [-0.39, 0.29) is 11.9 Å². The highest BCUT2D eigenvalue weighted by molar-refractivity contribution is 5.94. The summed E-state index contributed by atoms with van der Waals surface area (Å²) in [7, 11) is 0. The van der Waals surface area contributed by atoms with Gasteiger partial charge in [0, 0.05) is 11.6 Å². The highest BCUT2D eigenvalue weighted by Gasteiger charge is 2.28. The van der Waals surface area contributed by atoms with E-state index in [9.17, 15) is 4.79 Å². The van der Waals surface area contributed by atoms with Gasteiger partial charge in [0.25, 0.3) is 5.91 Å². The Bertz CT molecular complexity index is 666. The Morgan fingerprint density at radius 2 is 1.62 bits per heavy atom. The van der Waals surface area contributed by atoms with E-state index in [0.717, 1.165) is 17.9 Å². The lowest BCUT2D eigenvalue weighted by Crippen LogP contribution is -2.43. The first-order valence-electron chi connectivity index (χ1n) is 8.77. The van der Waals surface area contributed by atoms with Gasteiger partial charge in [-0.15, -0.1) is 0 Å². The summed E-state index contributed by atoms with van der Waals surface area (Å²) in [6, 6.07) is 17.2. The van der Waals surface area contributed by atoms with E-state index in [0.29, 0.717) is 17.4 Å². The van der Waals surface area contributed by atoms with Crippen molar-refractivity contribution in [2.75, 3.05) is 0 Å². The van der Waals surface area contributed by atoms with Crippen LogP contribution in [0, 0.1) is 11.8 Å². The third kappa shape index (κ3) is 3.97. The van der Waals surface area contributed by atoms with Gasteiger partial charge in [0.05, 0.1) is 0 Å². The molecule has 1 aliphatic rings. The van der Waals surface area contributed by atoms with E-state index in [4.69, 9.17) is 4.74 Å². The van der Waals surface area contributed by atoms with Gasteiger partial charge in [0.15, 0.2) is 0 Å². The quantitative estimate of drug-likeness (QED) is 0.856. The average Bonchev–Trinajstić information content (AvgIpc) is 2.60. The average molecular weight is 323 g/mol. The number of rotatable bonds is 4. The molecule has 0 aliphatic heterocycles. The van der Waals surface area contributed by atoms with Crippen molar-refractivity contribution < 1.29 is 9.53 Å². The summed E-state index contributed by atoms with van der Waals surface area (Å²) in [6.45, 7) is 4.52. The number of amides is 1. The molecule has 3 atom stereocenters. The fourth-order valence-electron chi connectivity index (χ4n) is 3.34. The number of hydrogen-bond acceptors (Lipinski definition) is 2. The van der Waals surface area contributed by atoms with Crippen molar-refractivity contribution in [1.82, 2.24) is 5.32 Å². The molecule has 2 aromatic rings. The second-order valence-corrected chi connectivity index (χ2v) is 6.79. The number of ether oxygens (including phenoxy) is 1. The highest BCUT2D eigenvalue weighted by Crippen LogP contribution is 2.29. The zero-order chi connectivity index (χ0) is 16.9. The molecule has 0 radical (unpaired) electrons. The third-order valence-electron chi connectivity index (χ3n) is 5.12. The van der Waals surface area contributed by atoms with Crippen molar-refractivity contribution in [3.8, 4) is 11.5 Å². The van der Waals surface area contributed by atoms with Crippen LogP contribution in [0.3, 0.4) is 0 Å². The van der Waals surface area contributed by atoms with E-state index in [1.807, 2.05) is 54.6 Å². The Balaban J connectivity index is 1.61. The molecule has 3 heteroatoms. The molecule has 1 N–H and O–H groups in total. The molecule has 1 aliphatic carbocycles. The largest absolute Gasteiger partial charge is 0.457 e. The lowest BCUT2D eigenvalue weighted by molar-refractivity contribution is 0.0891. The fraction of sp³-hybridized carbons (Fsp3) is 0.381. The highest BCUT2D eigenvalue weighted by atomic mass is 16.5. The number of nitrogens with one attached hydrogen (secondary N) is 1. The van der Waals surface area contributed by atoms with Gasteiger partial charge in [-0.25, -0.2) is 0 Å². The first-order valence-corrected chi connectivity index (χ1v) is 8.77. The van der Waals surface area contributed by atoms with Gasteiger partial charge in [0.1, 0.15) is 11.5 Å². The summed E-state index contributed by atoms with van der Waals surface area (Å²) in [5.74, 6) is 2.73. The van der Waals surface area contributed by atoms with Gasteiger partial charge >= 0.3 is 0 Å². The molecule has 1 amide bonds. The first-order chi connectivity index (χ1) is 11.6. The zero-order valence-electron chi connectivity index (χ0n) is 14.4. The van der Waals surface area contributed by atoms with Crippen molar-refractivity contribution >= 4 is 5.91 Å². The molecule has 0 aromatic heterocycles. The van der Waals surface area contributed by atoms with E-state index < -0.39 is 0 Å². The molecule has 1 saturated carbocycles. The van der Waals surface area contributed by atoms with Crippen molar-refractivity contribution in [3.63, 3.8) is 0 Å². The first kappa shape index (κ1) is 16.6. The van der Waals surface area contributed by atoms with E-state index >= 15 is 0 Å². The second-order valence-electron chi connectivity index (χ2n) is 6.79. The minimum Gasteiger partial charge on any atom is -0.457 e. The number of carbonyl (C=O) groups excluding carboxylic acids is 1. The normalized spacial score (nSPS) is 23.5. The number of benzene rings is 2. The monoisotopic (exact) mass is 323 g/mol. The molecule has 0 unspecified atom stereocenters. The maximum atomic E-state index is 12.5. The van der Waals surface area contributed by atoms with Crippen LogP contribution < -0.4 is 10.1 Å². The third-order valence-corrected chi connectivity index (χ3v) is 5.12. The Kier molecular flexibility index (Phi) is 5.19. The standard InChI is InChI=1S/C21H25NO2/c1-15-7-6-10-20(16(15)2)22-21(23)17-11-13-19(14-12-17)24-18-8-4-3-5-9-18/h3-5,8-9,11-16,20H,6-7,10H2,1-2H3,(H,22,23)/t15-,16+,20+/m1/s1. The van der Waals surface area contributed by atoms with Crippen LogP contribution in [-0.4, -0.2) is 11.9 Å². The predicted molar refractivity (Wildman–Crippen MR) is 96.4 cm³/mol. The van der Waals surface area contributed by atoms with Gasteiger partial charge in [-0.2, -0.15) is 0 Å². The van der Waals surface area contributed by atoms with Crippen LogP contribution in [-0.2, 0) is 0 Å². The molecule has 0 heterocycles. The van der Waals surface area contributed by atoms with E-state index in [1.165, 1.54) is 12.8 Å². The van der Waals surface area contributed by atoms with E-state index in [1.54, 1.807) is 0 Å². The Morgan fingerprint density at radius 1 is 0.958 bits per heavy atom. The minimum atomic E-state index is 0.00668. The lowest BCUT2D eigenvalue weighted by Gasteiger charge is -2.34. The van der Waals surface area contributed by atoms with Crippen molar-refractivity contribution in [2.45, 2.75) is 39.2 Å². The minimum absolute atomic E-state index is 0.00668. The molecule has 3 rings (SSSR count). The summed E-state index contributed by atoms with van der Waals surface area (Å²) in [5, 5.41) is 3.20. The van der Waals surface area contributed by atoms with Crippen LogP contribution in [0.4, 0.5) is 0 Å². The summed E-state index contributed by atoms with van der Waals surface area (Å²) < 4.78 is 5.76. The Hall–Kier alpha value is -2.29. The number of hydrogen-bond donors (Lipinski definition) is 1. The van der Waals surface area contributed by atoms with E-state index in [2.05, 4.69) is 19.2 Å². The van der Waals surface area contributed by atoms with Gasteiger partial charge in [0.2, 0.25) is 0 Å². The molecule has 3 nitrogen and oxygen atoms in total. The van der Waals surface area contributed by atoms with Gasteiger partial charge in [-0.05, 0) is 54.7 Å². The topological polar surface area (TPSA) is 38.3 Å². The molecular weight excluding hydrogens is 298 g/mol. The van der Waals surface area contributed by atoms with Crippen LogP contribution in [0.5, 0.6) is 11.5 Å². The predicted octanol–water partition coefficient (Wildman–Crippen LogP) is 5.03. The van der Waals surface area contributed by atoms with Crippen molar-refractivity contribution in [1.29, 1.82) is 0 Å². The van der Waals surface area contributed by atoms with Crippen molar-refractivity contribution in [2.24, 2.45) is 11.8 Å². The van der Waals surface area contributed by atoms with Crippen LogP contribution >= 0.6 is 0 Å². The molecule has 24 heavy (non-hydrogen) atoms. The van der Waals surface area contributed by atoms with Gasteiger partial charge in [-0.1, -0.05) is 44.9 Å². The molecule has 1 fully saturated rings. The summed E-state index contributed by atoms with van der Waals surface area (Å²) in [5.41, 5.74) is 0.681. The summed E-state index contributed by atoms with van der Waals surface area (Å²) in [6.07, 6.45) is 3.53. The van der Waals surface area contributed by atoms with Gasteiger partial charge in [-0.3, -0.25) is 4.79 Å². The van der Waals surface area contributed by atoms with Crippen LogP contribution in [0.2, 0.25) is 0 Å². The number of carbonyl (C=O) groups is 1. The van der Waals surface area contributed by atoms with Crippen LogP contribution in [0.1, 0.15) is 43.5 Å². The number of para-hydroxylation sites is 1. The second kappa shape index (κ2) is 7.52. The molecular formula is C21H25NO2.